The van der Waals surface area contributed by atoms with E-state index in [-0.39, 0.29) is 5.54 Å². The van der Waals surface area contributed by atoms with E-state index in [0.717, 1.165) is 24.3 Å². The van der Waals surface area contributed by atoms with E-state index in [0.29, 0.717) is 0 Å². The third kappa shape index (κ3) is 3.55. The number of nitrogens with two attached hydrogens (primary N) is 1. The van der Waals surface area contributed by atoms with Crippen LogP contribution in [0.15, 0.2) is 0 Å². The lowest BCUT2D eigenvalue weighted by Crippen LogP contribution is -2.58. The molecule has 20 heavy (non-hydrogen) atoms. The van der Waals surface area contributed by atoms with Crippen LogP contribution in [0.25, 0.3) is 0 Å². The second-order valence-electron chi connectivity index (χ2n) is 7.55. The molecule has 0 amide bonds. The van der Waals surface area contributed by atoms with Crippen molar-refractivity contribution in [3.63, 3.8) is 0 Å². The Bertz CT molecular complexity index is 289. The van der Waals surface area contributed by atoms with E-state index < -0.39 is 0 Å². The molecule has 116 valence electrons. The highest BCUT2D eigenvalue weighted by atomic mass is 15.2. The van der Waals surface area contributed by atoms with Crippen molar-refractivity contribution in [1.82, 2.24) is 10.2 Å². The summed E-state index contributed by atoms with van der Waals surface area (Å²) in [7, 11) is 0. The number of nitrogens with one attached hydrogen (secondary N) is 1. The normalized spacial score (nSPS) is 27.1. The first-order valence-electron chi connectivity index (χ1n) is 8.94. The summed E-state index contributed by atoms with van der Waals surface area (Å²) in [6.45, 7) is 8.05. The Kier molecular flexibility index (Phi) is 4.68. The topological polar surface area (TPSA) is 41.3 Å². The molecule has 2 aliphatic carbocycles. The van der Waals surface area contributed by atoms with Crippen molar-refractivity contribution in [2.24, 2.45) is 23.5 Å². The number of piperidine rings is 1. The fourth-order valence-corrected chi connectivity index (χ4v) is 4.08. The van der Waals surface area contributed by atoms with Gasteiger partial charge in [0.25, 0.3) is 0 Å². The van der Waals surface area contributed by atoms with Gasteiger partial charge in [0.2, 0.25) is 0 Å². The van der Waals surface area contributed by atoms with E-state index in [9.17, 15) is 0 Å². The van der Waals surface area contributed by atoms with Crippen molar-refractivity contribution in [1.29, 1.82) is 0 Å². The quantitative estimate of drug-likeness (QED) is 0.716. The molecule has 1 aliphatic heterocycles. The van der Waals surface area contributed by atoms with Crippen LogP contribution in [0.4, 0.5) is 0 Å². The summed E-state index contributed by atoms with van der Waals surface area (Å²) < 4.78 is 0. The van der Waals surface area contributed by atoms with Gasteiger partial charge >= 0.3 is 0 Å². The largest absolute Gasteiger partial charge is 0.329 e. The Morgan fingerprint density at radius 3 is 2.20 bits per heavy atom. The summed E-state index contributed by atoms with van der Waals surface area (Å²) >= 11 is 0. The van der Waals surface area contributed by atoms with Crippen LogP contribution in [-0.4, -0.2) is 43.2 Å². The van der Waals surface area contributed by atoms with Crippen LogP contribution in [0.3, 0.4) is 0 Å². The van der Waals surface area contributed by atoms with E-state index in [1.54, 1.807) is 0 Å². The van der Waals surface area contributed by atoms with Crippen molar-refractivity contribution < 1.29 is 0 Å². The van der Waals surface area contributed by atoms with Gasteiger partial charge in [0, 0.05) is 12.1 Å². The minimum atomic E-state index is 0.242. The van der Waals surface area contributed by atoms with Gasteiger partial charge in [-0.25, -0.2) is 0 Å². The first-order valence-corrected chi connectivity index (χ1v) is 8.94. The maximum Gasteiger partial charge on any atom is 0.0328 e. The summed E-state index contributed by atoms with van der Waals surface area (Å²) in [6.07, 6.45) is 9.71. The lowest BCUT2D eigenvalue weighted by Gasteiger charge is -2.42. The van der Waals surface area contributed by atoms with Gasteiger partial charge in [-0.3, -0.25) is 0 Å². The molecule has 0 spiro atoms. The first-order chi connectivity index (χ1) is 9.76. The molecule has 3 aliphatic rings. The molecule has 3 rings (SSSR count). The Balaban J connectivity index is 1.48. The molecular formula is C17H33N3. The van der Waals surface area contributed by atoms with Crippen LogP contribution >= 0.6 is 0 Å². The molecule has 0 unspecified atom stereocenters. The maximum absolute atomic E-state index is 6.15. The van der Waals surface area contributed by atoms with Crippen LogP contribution in [0, 0.1) is 17.8 Å². The van der Waals surface area contributed by atoms with Gasteiger partial charge in [0.15, 0.2) is 0 Å². The smallest absolute Gasteiger partial charge is 0.0328 e. The SMILES string of the molecule is CCCN1CCC(CN)(NCC(C2CC2)C2CC2)CC1. The minimum Gasteiger partial charge on any atom is -0.329 e. The summed E-state index contributed by atoms with van der Waals surface area (Å²) in [5.74, 6) is 3.06. The average Bonchev–Trinajstić information content (AvgIpc) is 3.35. The van der Waals surface area contributed by atoms with E-state index >= 15 is 0 Å². The number of hydrogen-bond acceptors (Lipinski definition) is 3. The summed E-state index contributed by atoms with van der Waals surface area (Å²) in [4.78, 5) is 2.61. The number of hydrogen-bond donors (Lipinski definition) is 2. The summed E-state index contributed by atoms with van der Waals surface area (Å²) in [5, 5.41) is 3.94. The molecule has 1 heterocycles. The molecule has 2 saturated carbocycles. The minimum absolute atomic E-state index is 0.242. The third-order valence-electron chi connectivity index (χ3n) is 5.91. The Hall–Kier alpha value is -0.120. The van der Waals surface area contributed by atoms with Crippen molar-refractivity contribution in [3.05, 3.63) is 0 Å². The standard InChI is InChI=1S/C17H33N3/c1-2-9-20-10-7-17(13-18,8-11-20)19-12-16(14-3-4-14)15-5-6-15/h14-16,19H,2-13,18H2,1H3. The lowest BCUT2D eigenvalue weighted by atomic mass is 9.86. The predicted molar refractivity (Wildman–Crippen MR) is 84.7 cm³/mol. The highest BCUT2D eigenvalue weighted by Crippen LogP contribution is 2.49. The molecule has 0 bridgehead atoms. The second kappa shape index (κ2) is 6.33. The van der Waals surface area contributed by atoms with Gasteiger partial charge in [-0.2, -0.15) is 0 Å². The van der Waals surface area contributed by atoms with E-state index in [2.05, 4.69) is 17.1 Å². The molecule has 3 nitrogen and oxygen atoms in total. The molecule has 0 aromatic carbocycles. The summed E-state index contributed by atoms with van der Waals surface area (Å²) in [5.41, 5.74) is 6.39. The predicted octanol–water partition coefficient (Wildman–Crippen LogP) is 2.22. The fourth-order valence-electron chi connectivity index (χ4n) is 4.08. The van der Waals surface area contributed by atoms with Gasteiger partial charge in [0.1, 0.15) is 0 Å². The van der Waals surface area contributed by atoms with Crippen molar-refractivity contribution in [3.8, 4) is 0 Å². The molecule has 3 N–H and O–H groups in total. The molecule has 0 radical (unpaired) electrons. The van der Waals surface area contributed by atoms with E-state index in [1.165, 1.54) is 71.1 Å². The Labute approximate surface area is 124 Å². The average molecular weight is 279 g/mol. The van der Waals surface area contributed by atoms with Gasteiger partial charge in [-0.05, 0) is 88.9 Å². The second-order valence-corrected chi connectivity index (χ2v) is 7.55. The van der Waals surface area contributed by atoms with E-state index in [4.69, 9.17) is 5.73 Å². The van der Waals surface area contributed by atoms with E-state index in [1.807, 2.05) is 0 Å². The first kappa shape index (κ1) is 14.8. The molecule has 0 aromatic rings. The number of rotatable bonds is 8. The zero-order chi connectivity index (χ0) is 14.0. The van der Waals surface area contributed by atoms with Crippen LogP contribution < -0.4 is 11.1 Å². The molecular weight excluding hydrogens is 246 g/mol. The Morgan fingerprint density at radius 2 is 1.75 bits per heavy atom. The van der Waals surface area contributed by atoms with Gasteiger partial charge < -0.3 is 16.0 Å². The van der Waals surface area contributed by atoms with Crippen molar-refractivity contribution >= 4 is 0 Å². The molecule has 0 atom stereocenters. The molecule has 0 aromatic heterocycles. The highest BCUT2D eigenvalue weighted by Gasteiger charge is 2.42. The Morgan fingerprint density at radius 1 is 1.15 bits per heavy atom. The molecule has 3 heteroatoms. The van der Waals surface area contributed by atoms with Crippen LogP contribution in [-0.2, 0) is 0 Å². The highest BCUT2D eigenvalue weighted by molar-refractivity contribution is 4.98. The van der Waals surface area contributed by atoms with Crippen molar-refractivity contribution in [2.45, 2.75) is 57.4 Å². The zero-order valence-corrected chi connectivity index (χ0v) is 13.2. The zero-order valence-electron chi connectivity index (χ0n) is 13.2. The van der Waals surface area contributed by atoms with Crippen molar-refractivity contribution in [2.75, 3.05) is 32.7 Å². The van der Waals surface area contributed by atoms with Gasteiger partial charge in [-0.15, -0.1) is 0 Å². The van der Waals surface area contributed by atoms with Gasteiger partial charge in [0.05, 0.1) is 0 Å². The molecule has 1 saturated heterocycles. The van der Waals surface area contributed by atoms with Crippen LogP contribution in [0.2, 0.25) is 0 Å². The van der Waals surface area contributed by atoms with Gasteiger partial charge in [-0.1, -0.05) is 6.92 Å². The molecule has 3 fully saturated rings. The number of nitrogens with zero attached hydrogens (tertiary/aromatic N) is 1. The fraction of sp³-hybridized carbons (Fsp3) is 1.00. The maximum atomic E-state index is 6.15. The number of likely N-dealkylation sites (tertiary alicyclic amines) is 1. The third-order valence-corrected chi connectivity index (χ3v) is 5.91. The summed E-state index contributed by atoms with van der Waals surface area (Å²) in [6, 6.07) is 0. The lowest BCUT2D eigenvalue weighted by molar-refractivity contribution is 0.132. The van der Waals surface area contributed by atoms with Crippen LogP contribution in [0.5, 0.6) is 0 Å². The monoisotopic (exact) mass is 279 g/mol. The van der Waals surface area contributed by atoms with Crippen LogP contribution in [0.1, 0.15) is 51.9 Å².